The van der Waals surface area contributed by atoms with Gasteiger partial charge in [0.1, 0.15) is 0 Å². The fraction of sp³-hybridized carbons (Fsp3) is 0.644. The predicted octanol–water partition coefficient (Wildman–Crippen LogP) is 2.50. The second kappa shape index (κ2) is 17.7. The molecule has 18 nitrogen and oxygen atoms in total. The van der Waals surface area contributed by atoms with E-state index in [4.69, 9.17) is 65.3 Å². The van der Waals surface area contributed by atoms with Gasteiger partial charge in [0.2, 0.25) is 0 Å². The number of amides is 6. The van der Waals surface area contributed by atoms with Crippen LogP contribution in [-0.4, -0.2) is 79.2 Å². The van der Waals surface area contributed by atoms with Gasteiger partial charge in [-0.15, -0.1) is 0 Å². The first-order chi connectivity index (χ1) is 29.5. The second-order valence-electron chi connectivity index (χ2n) is 20.0. The first-order valence-electron chi connectivity index (χ1n) is 21.7. The minimum absolute atomic E-state index is 0.00897. The Kier molecular flexibility index (Phi) is 13.8. The Bertz CT molecular complexity index is 2260. The molecule has 0 saturated carbocycles. The molecule has 5 aliphatic heterocycles. The Hall–Kier alpha value is -5.17. The van der Waals surface area contributed by atoms with E-state index in [2.05, 4.69) is 0 Å². The molecule has 8 bridgehead atoms. The van der Waals surface area contributed by atoms with Crippen molar-refractivity contribution >= 4 is 58.5 Å². The summed E-state index contributed by atoms with van der Waals surface area (Å²) in [5, 5.41) is 10.2. The van der Waals surface area contributed by atoms with Gasteiger partial charge >= 0.3 is 373 Å². The Morgan fingerprint density at radius 1 is 0.672 bits per heavy atom. The van der Waals surface area contributed by atoms with Crippen LogP contribution in [0.25, 0.3) is 0 Å². The Balaban J connectivity index is 2.06. The van der Waals surface area contributed by atoms with Crippen LogP contribution in [0.3, 0.4) is 0 Å². The monoisotopic (exact) mass is 932 g/mol. The van der Waals surface area contributed by atoms with Crippen LogP contribution in [0.1, 0.15) is 126 Å². The fourth-order valence-corrected chi connectivity index (χ4v) is 13.0. The average Bonchev–Trinajstić information content (AvgIpc) is 3.72. The van der Waals surface area contributed by atoms with Crippen LogP contribution >= 0.6 is 0 Å². The molecule has 5 rings (SSSR count). The van der Waals surface area contributed by atoms with E-state index >= 15 is 0 Å². The van der Waals surface area contributed by atoms with Crippen LogP contribution in [0.4, 0.5) is 0 Å². The van der Waals surface area contributed by atoms with E-state index < -0.39 is 98.3 Å². The summed E-state index contributed by atoms with van der Waals surface area (Å²) in [6.07, 6.45) is 1.30. The summed E-state index contributed by atoms with van der Waals surface area (Å²) in [7, 11) is 0. The topological polar surface area (TPSA) is 336 Å². The number of carbonyl (C=O) groups excluding carboxylic acids is 6. The number of carboxylic acids is 1. The summed E-state index contributed by atoms with van der Waals surface area (Å²) in [6.45, 7) is 15.1. The maximum atomic E-state index is 13.4. The Labute approximate surface area is 382 Å². The number of carbonyl (C=O) groups is 7. The predicted molar refractivity (Wildman–Crippen MR) is 235 cm³/mol. The number of fused-ring (bicyclic) bond motifs is 6. The molecule has 13 N–H and O–H groups in total. The number of hydrogen-bond donors (Lipinski definition) is 7. The van der Waals surface area contributed by atoms with Crippen LogP contribution in [-0.2, 0) is 49.5 Å². The van der Waals surface area contributed by atoms with Gasteiger partial charge in [-0.25, -0.2) is 0 Å². The van der Waals surface area contributed by atoms with Crippen LogP contribution in [0.5, 0.6) is 0 Å². The van der Waals surface area contributed by atoms with Gasteiger partial charge in [0.25, 0.3) is 0 Å². The molecular weight excluding hydrogens is 867 g/mol. The molecule has 64 heavy (non-hydrogen) atoms. The molecule has 0 aromatic heterocycles. The number of allylic oxidation sites excluding steroid dienone is 6. The van der Waals surface area contributed by atoms with Crippen LogP contribution in [0, 0.1) is 45.3 Å². The normalized spacial score (nSPS) is 36.0. The SMILES string of the molecule is C/C1=C2/[N]([Co])[C@H]([C@H](CC(N)=O)[C@@]2(C)CCC(=O)O)[C@]2(C)N=C(/C(C)=C3N=C(/C=C4N=C1[C@@H](CCC(N)=O)C\4(C)C)[C@@H](CCC(N)=O)[C@]\3(C)CC(N)=O)[C@@H](CCC(N)=O)[C@]2(C)CC(N)=O. The van der Waals surface area contributed by atoms with Crippen LogP contribution in [0.15, 0.2) is 49.3 Å². The first kappa shape index (κ1) is 49.8. The van der Waals surface area contributed by atoms with Crippen LogP contribution in [0.2, 0.25) is 0 Å². The van der Waals surface area contributed by atoms with E-state index in [1.54, 1.807) is 10.9 Å². The van der Waals surface area contributed by atoms with E-state index in [0.29, 0.717) is 45.4 Å². The van der Waals surface area contributed by atoms with E-state index in [1.807, 2.05) is 54.5 Å². The Morgan fingerprint density at radius 2 is 1.20 bits per heavy atom. The second-order valence-corrected chi connectivity index (χ2v) is 20.5. The van der Waals surface area contributed by atoms with Crippen molar-refractivity contribution < 1.29 is 54.6 Å². The molecule has 0 aromatic rings. The number of rotatable bonds is 18. The number of hydrogen-bond acceptors (Lipinski definition) is 11. The number of aliphatic imine (C=N–C) groups is 3. The third-order valence-corrected chi connectivity index (χ3v) is 16.1. The van der Waals surface area contributed by atoms with Gasteiger partial charge in [0, 0.05) is 0 Å². The number of nitrogens with zero attached hydrogens (tertiary/aromatic N) is 4. The summed E-state index contributed by atoms with van der Waals surface area (Å²) < 4.78 is 1.72. The molecule has 0 unspecified atom stereocenters. The zero-order valence-electron chi connectivity index (χ0n) is 38.1. The quantitative estimate of drug-likeness (QED) is 0.106. The molecule has 0 spiro atoms. The molecule has 19 heteroatoms. The van der Waals surface area contributed by atoms with Crippen molar-refractivity contribution in [2.45, 2.75) is 138 Å². The third kappa shape index (κ3) is 8.56. The average molecular weight is 933 g/mol. The zero-order chi connectivity index (χ0) is 48.2. The molecule has 0 radical (unpaired) electrons. The summed E-state index contributed by atoms with van der Waals surface area (Å²) in [6, 6.07) is -0.901. The molecule has 0 aliphatic carbocycles. The molecule has 5 aliphatic rings. The van der Waals surface area contributed by atoms with Gasteiger partial charge in [-0.2, -0.15) is 0 Å². The van der Waals surface area contributed by atoms with Crippen molar-refractivity contribution in [3.05, 3.63) is 34.3 Å². The van der Waals surface area contributed by atoms with Gasteiger partial charge in [-0.1, -0.05) is 0 Å². The standard InChI is InChI=1S/C45H66N10O8.Co/c1-21-36-24(10-13-30(47)57)41(3,4)28(53-36)18-27-23(9-12-29(46)56)43(6,19-33(50)60)39(52-27)22(2)37-25(11-14-31(48)58)44(7,20-34(51)61)45(8,55-37)40-26(17-32(49)59)42(5,38(21)54-40)16-15-35(62)63;/h18,23-26,40H,9-17,19-20H2,1-8H3,(H14,46,47,48,49,50,51,52,53,54,55,56,57,58,59,60,61,62,63);/q;+1/p-1/t23-,24-,25-,26+,40-,42-,43+,44+,45+;/m1./s1. The van der Waals surface area contributed by atoms with E-state index in [0.717, 1.165) is 0 Å². The van der Waals surface area contributed by atoms with E-state index in [-0.39, 0.29) is 70.6 Å². The summed E-state index contributed by atoms with van der Waals surface area (Å²) in [4.78, 5) is 106. The molecule has 1 fully saturated rings. The summed E-state index contributed by atoms with van der Waals surface area (Å²) >= 11 is 5.37. The van der Waals surface area contributed by atoms with Gasteiger partial charge in [0.05, 0.1) is 0 Å². The van der Waals surface area contributed by atoms with E-state index in [1.165, 1.54) is 0 Å². The van der Waals surface area contributed by atoms with Crippen LogP contribution < -0.4 is 34.4 Å². The third-order valence-electron chi connectivity index (χ3n) is 15.5. The minimum atomic E-state index is -1.42. The number of carboxylic acid groups (broad SMARTS) is 1. The molecule has 0 aromatic carbocycles. The summed E-state index contributed by atoms with van der Waals surface area (Å²) in [5.41, 5.74) is 34.0. The van der Waals surface area contributed by atoms with Gasteiger partial charge in [-0.3, -0.25) is 4.79 Å². The maximum absolute atomic E-state index is 13.4. The zero-order valence-corrected chi connectivity index (χ0v) is 39.2. The molecule has 9 atom stereocenters. The Morgan fingerprint density at radius 3 is 1.70 bits per heavy atom. The van der Waals surface area contributed by atoms with Crippen molar-refractivity contribution in [3.8, 4) is 0 Å². The van der Waals surface area contributed by atoms with Crippen molar-refractivity contribution in [1.29, 1.82) is 0 Å². The van der Waals surface area contributed by atoms with Crippen molar-refractivity contribution in [2.24, 2.45) is 94.7 Å². The first-order valence-corrected chi connectivity index (χ1v) is 22.2. The van der Waals surface area contributed by atoms with E-state index in [9.17, 15) is 38.7 Å². The number of aliphatic carboxylic acids is 1. The summed E-state index contributed by atoms with van der Waals surface area (Å²) in [5.74, 6) is -7.29. The van der Waals surface area contributed by atoms with Gasteiger partial charge < -0.3 is 5.73 Å². The van der Waals surface area contributed by atoms with Crippen molar-refractivity contribution in [1.82, 2.24) is 3.95 Å². The molecule has 5 heterocycles. The van der Waals surface area contributed by atoms with Crippen molar-refractivity contribution in [3.63, 3.8) is 0 Å². The van der Waals surface area contributed by atoms with Crippen molar-refractivity contribution in [2.75, 3.05) is 0 Å². The molecule has 352 valence electrons. The van der Waals surface area contributed by atoms with Gasteiger partial charge in [0.15, 0.2) is 0 Å². The van der Waals surface area contributed by atoms with Gasteiger partial charge in [-0.05, 0) is 0 Å². The molecule has 1 saturated heterocycles. The number of primary amides is 6. The number of nitrogens with two attached hydrogens (primary N) is 6. The fourth-order valence-electron chi connectivity index (χ4n) is 12.1. The molecule has 6 amide bonds. The molecular formula is C45H65CoN10O8.